The van der Waals surface area contributed by atoms with Crippen LogP contribution in [-0.4, -0.2) is 17.0 Å². The minimum atomic E-state index is -1.17. The number of thiophene rings is 1. The van der Waals surface area contributed by atoms with Crippen LogP contribution in [0, 0.1) is 0 Å². The van der Waals surface area contributed by atoms with E-state index in [1.54, 1.807) is 0 Å². The number of hydrogen-bond donors (Lipinski definition) is 2. The van der Waals surface area contributed by atoms with E-state index in [0.29, 0.717) is 0 Å². The molecule has 0 aliphatic rings. The minimum absolute atomic E-state index is 0.0571. The largest absolute Gasteiger partial charge is 0.477 e. The SMILES string of the molecule is CC(=O)Nc1c(C(=O)O)sc(Cl)c1Cl. The molecular weight excluding hydrogens is 249 g/mol. The maximum absolute atomic E-state index is 10.7. The fraction of sp³-hybridized carbons (Fsp3) is 0.143. The summed E-state index contributed by atoms with van der Waals surface area (Å²) in [6.45, 7) is 1.26. The van der Waals surface area contributed by atoms with Gasteiger partial charge in [0.2, 0.25) is 5.91 Å². The van der Waals surface area contributed by atoms with Crippen LogP contribution in [0.2, 0.25) is 9.36 Å². The predicted octanol–water partition coefficient (Wildman–Crippen LogP) is 2.71. The van der Waals surface area contributed by atoms with E-state index in [1.165, 1.54) is 6.92 Å². The van der Waals surface area contributed by atoms with Gasteiger partial charge in [0.25, 0.3) is 0 Å². The molecule has 0 atom stereocenters. The van der Waals surface area contributed by atoms with Gasteiger partial charge in [-0.3, -0.25) is 4.79 Å². The molecule has 0 saturated carbocycles. The number of carbonyl (C=O) groups is 2. The summed E-state index contributed by atoms with van der Waals surface area (Å²) < 4.78 is 0.146. The van der Waals surface area contributed by atoms with E-state index >= 15 is 0 Å². The van der Waals surface area contributed by atoms with Crippen molar-refractivity contribution >= 4 is 52.1 Å². The lowest BCUT2D eigenvalue weighted by Crippen LogP contribution is -2.08. The summed E-state index contributed by atoms with van der Waals surface area (Å²) >= 11 is 12.1. The molecule has 1 rings (SSSR count). The molecule has 0 unspecified atom stereocenters. The van der Waals surface area contributed by atoms with Crippen molar-refractivity contribution in [2.75, 3.05) is 5.32 Å². The number of rotatable bonds is 2. The van der Waals surface area contributed by atoms with Crippen molar-refractivity contribution in [2.24, 2.45) is 0 Å². The summed E-state index contributed by atoms with van der Waals surface area (Å²) in [7, 11) is 0. The third kappa shape index (κ3) is 2.17. The van der Waals surface area contributed by atoms with Gasteiger partial charge in [-0.1, -0.05) is 23.2 Å². The molecule has 0 spiro atoms. The Bertz CT molecular complexity index is 402. The van der Waals surface area contributed by atoms with Crippen molar-refractivity contribution in [3.63, 3.8) is 0 Å². The van der Waals surface area contributed by atoms with E-state index in [4.69, 9.17) is 28.3 Å². The Morgan fingerprint density at radius 3 is 2.43 bits per heavy atom. The molecule has 14 heavy (non-hydrogen) atoms. The number of anilines is 1. The molecule has 0 saturated heterocycles. The Labute approximate surface area is 93.4 Å². The number of nitrogens with one attached hydrogen (secondary N) is 1. The van der Waals surface area contributed by atoms with Crippen LogP contribution < -0.4 is 5.32 Å². The zero-order valence-electron chi connectivity index (χ0n) is 6.93. The number of hydrogen-bond acceptors (Lipinski definition) is 3. The molecule has 7 heteroatoms. The maximum atomic E-state index is 10.7. The summed E-state index contributed by atoms with van der Waals surface area (Å²) in [5.74, 6) is -1.57. The standard InChI is InChI=1S/C7H5Cl2NO3S/c1-2(11)10-4-3(8)6(9)14-5(4)7(12)13/h1H3,(H,10,11)(H,12,13). The van der Waals surface area contributed by atoms with E-state index in [0.717, 1.165) is 11.3 Å². The van der Waals surface area contributed by atoms with Crippen molar-refractivity contribution in [1.82, 2.24) is 0 Å². The number of aromatic carboxylic acids is 1. The molecule has 1 amide bonds. The van der Waals surface area contributed by atoms with Crippen molar-refractivity contribution in [3.05, 3.63) is 14.2 Å². The third-order valence-electron chi connectivity index (χ3n) is 1.31. The topological polar surface area (TPSA) is 66.4 Å². The Kier molecular flexibility index (Phi) is 3.36. The molecule has 0 aliphatic carbocycles. The molecule has 1 aromatic heterocycles. The number of carboxylic acids is 1. The van der Waals surface area contributed by atoms with Gasteiger partial charge >= 0.3 is 5.97 Å². The molecular formula is C7H5Cl2NO3S. The van der Waals surface area contributed by atoms with Gasteiger partial charge in [0.05, 0.1) is 10.7 Å². The Balaban J connectivity index is 3.23. The van der Waals surface area contributed by atoms with Gasteiger partial charge in [-0.05, 0) is 0 Å². The fourth-order valence-corrected chi connectivity index (χ4v) is 2.17. The first-order valence-corrected chi connectivity index (χ1v) is 4.99. The second-order valence-corrected chi connectivity index (χ2v) is 4.38. The maximum Gasteiger partial charge on any atom is 0.348 e. The van der Waals surface area contributed by atoms with Crippen LogP contribution in [0.1, 0.15) is 16.6 Å². The van der Waals surface area contributed by atoms with Crippen molar-refractivity contribution in [3.8, 4) is 0 Å². The molecule has 0 aromatic carbocycles. The first kappa shape index (κ1) is 11.3. The highest BCUT2D eigenvalue weighted by Gasteiger charge is 2.21. The van der Waals surface area contributed by atoms with E-state index in [9.17, 15) is 9.59 Å². The molecule has 0 radical (unpaired) electrons. The van der Waals surface area contributed by atoms with Gasteiger partial charge in [-0.15, -0.1) is 11.3 Å². The van der Waals surface area contributed by atoms with Gasteiger partial charge in [0, 0.05) is 6.92 Å². The highest BCUT2D eigenvalue weighted by atomic mass is 35.5. The van der Waals surface area contributed by atoms with Crippen molar-refractivity contribution in [2.45, 2.75) is 6.92 Å². The van der Waals surface area contributed by atoms with E-state index < -0.39 is 11.9 Å². The van der Waals surface area contributed by atoms with Crippen LogP contribution in [0.25, 0.3) is 0 Å². The quantitative estimate of drug-likeness (QED) is 0.852. The summed E-state index contributed by atoms with van der Waals surface area (Å²) in [6, 6.07) is 0. The molecule has 0 aliphatic heterocycles. The van der Waals surface area contributed by atoms with E-state index in [-0.39, 0.29) is 19.9 Å². The van der Waals surface area contributed by atoms with Gasteiger partial charge in [-0.2, -0.15) is 0 Å². The second kappa shape index (κ2) is 4.16. The van der Waals surface area contributed by atoms with Gasteiger partial charge in [0.15, 0.2) is 0 Å². The Morgan fingerprint density at radius 1 is 1.43 bits per heavy atom. The molecule has 0 bridgehead atoms. The van der Waals surface area contributed by atoms with Crippen LogP contribution >= 0.6 is 34.5 Å². The molecule has 1 aromatic rings. The summed E-state index contributed by atoms with van der Waals surface area (Å²) in [6.07, 6.45) is 0. The van der Waals surface area contributed by atoms with Gasteiger partial charge < -0.3 is 10.4 Å². The number of amides is 1. The molecule has 76 valence electrons. The highest BCUT2D eigenvalue weighted by molar-refractivity contribution is 7.19. The lowest BCUT2D eigenvalue weighted by molar-refractivity contribution is -0.114. The second-order valence-electron chi connectivity index (χ2n) is 2.38. The zero-order valence-corrected chi connectivity index (χ0v) is 9.26. The zero-order chi connectivity index (χ0) is 10.9. The highest BCUT2D eigenvalue weighted by Crippen LogP contribution is 2.40. The minimum Gasteiger partial charge on any atom is -0.477 e. The Hall–Kier alpha value is -0.780. The van der Waals surface area contributed by atoms with Gasteiger partial charge in [0.1, 0.15) is 9.21 Å². The first-order chi connectivity index (χ1) is 6.43. The average molecular weight is 254 g/mol. The number of carbonyl (C=O) groups excluding carboxylic acids is 1. The normalized spacial score (nSPS) is 9.93. The summed E-state index contributed by atoms with van der Waals surface area (Å²) in [5.41, 5.74) is 0.0571. The van der Waals surface area contributed by atoms with E-state index in [2.05, 4.69) is 5.32 Å². The van der Waals surface area contributed by atoms with E-state index in [1.807, 2.05) is 0 Å². The summed E-state index contributed by atoms with van der Waals surface area (Å²) in [5, 5.41) is 11.1. The number of carboxylic acid groups (broad SMARTS) is 1. The van der Waals surface area contributed by atoms with Crippen LogP contribution in [0.4, 0.5) is 5.69 Å². The summed E-state index contributed by atoms with van der Waals surface area (Å²) in [4.78, 5) is 21.4. The number of halogens is 2. The molecule has 2 N–H and O–H groups in total. The first-order valence-electron chi connectivity index (χ1n) is 3.42. The lowest BCUT2D eigenvalue weighted by atomic mass is 10.4. The third-order valence-corrected chi connectivity index (χ3v) is 3.28. The van der Waals surface area contributed by atoms with Crippen LogP contribution in [0.3, 0.4) is 0 Å². The van der Waals surface area contributed by atoms with Crippen LogP contribution in [-0.2, 0) is 4.79 Å². The van der Waals surface area contributed by atoms with Crippen LogP contribution in [0.5, 0.6) is 0 Å². The fourth-order valence-electron chi connectivity index (χ4n) is 0.822. The molecule has 4 nitrogen and oxygen atoms in total. The average Bonchev–Trinajstić information content (AvgIpc) is 2.32. The molecule has 1 heterocycles. The molecule has 0 fully saturated rings. The van der Waals surface area contributed by atoms with Crippen molar-refractivity contribution in [1.29, 1.82) is 0 Å². The van der Waals surface area contributed by atoms with Crippen molar-refractivity contribution < 1.29 is 14.7 Å². The van der Waals surface area contributed by atoms with Gasteiger partial charge in [-0.25, -0.2) is 4.79 Å². The van der Waals surface area contributed by atoms with Crippen LogP contribution in [0.15, 0.2) is 0 Å². The predicted molar refractivity (Wildman–Crippen MR) is 55.6 cm³/mol. The lowest BCUT2D eigenvalue weighted by Gasteiger charge is -2.00. The Morgan fingerprint density at radius 2 is 2.00 bits per heavy atom. The smallest absolute Gasteiger partial charge is 0.348 e. The monoisotopic (exact) mass is 253 g/mol.